The Labute approximate surface area is 163 Å². The largest absolute Gasteiger partial charge is 0.458 e. The normalized spacial score (nSPS) is 13.9. The zero-order chi connectivity index (χ0) is 18.7. The number of piperazine rings is 1. The molecule has 1 aliphatic rings. The standard InChI is InChI=1S/C19H22FN3O3.ClH/c1-3-9-26-19(25)14-12-22(4-2)16-11-17(23-7-5-21-6-8-23)15(20)10-13(16)18(14)24;/h3,10-12,21H,1,4-9H2,2H3;1H. The summed E-state index contributed by atoms with van der Waals surface area (Å²) in [5.74, 6) is -1.19. The minimum Gasteiger partial charge on any atom is -0.458 e. The van der Waals surface area contributed by atoms with E-state index in [2.05, 4.69) is 11.9 Å². The number of hydrogen-bond donors (Lipinski definition) is 1. The van der Waals surface area contributed by atoms with Crippen LogP contribution in [0.5, 0.6) is 0 Å². The molecule has 146 valence electrons. The third-order valence-corrected chi connectivity index (χ3v) is 4.50. The second kappa shape index (κ2) is 9.01. The van der Waals surface area contributed by atoms with Crippen molar-refractivity contribution >= 4 is 35.0 Å². The van der Waals surface area contributed by atoms with E-state index < -0.39 is 17.2 Å². The summed E-state index contributed by atoms with van der Waals surface area (Å²) in [6.45, 7) is 8.89. The second-order valence-corrected chi connectivity index (χ2v) is 6.10. The smallest absolute Gasteiger partial charge is 0.343 e. The highest BCUT2D eigenvalue weighted by Gasteiger charge is 2.20. The quantitative estimate of drug-likeness (QED) is 0.622. The van der Waals surface area contributed by atoms with Gasteiger partial charge < -0.3 is 19.5 Å². The van der Waals surface area contributed by atoms with Gasteiger partial charge >= 0.3 is 5.97 Å². The molecule has 0 spiro atoms. The second-order valence-electron chi connectivity index (χ2n) is 6.10. The van der Waals surface area contributed by atoms with Crippen molar-refractivity contribution in [3.05, 3.63) is 52.6 Å². The topological polar surface area (TPSA) is 63.6 Å². The molecule has 8 heteroatoms. The molecule has 0 unspecified atom stereocenters. The van der Waals surface area contributed by atoms with Gasteiger partial charge in [-0.3, -0.25) is 4.79 Å². The van der Waals surface area contributed by atoms with Crippen molar-refractivity contribution in [2.45, 2.75) is 13.5 Å². The first-order chi connectivity index (χ1) is 12.6. The molecule has 2 aromatic rings. The molecule has 1 fully saturated rings. The fourth-order valence-corrected chi connectivity index (χ4v) is 3.17. The van der Waals surface area contributed by atoms with Crippen molar-refractivity contribution < 1.29 is 13.9 Å². The van der Waals surface area contributed by atoms with Gasteiger partial charge in [0.2, 0.25) is 5.43 Å². The van der Waals surface area contributed by atoms with Gasteiger partial charge in [-0.1, -0.05) is 12.7 Å². The third kappa shape index (κ3) is 4.14. The van der Waals surface area contributed by atoms with Crippen LogP contribution in [0.3, 0.4) is 0 Å². The summed E-state index contributed by atoms with van der Waals surface area (Å²) in [6, 6.07) is 2.92. The number of nitrogens with zero attached hydrogens (tertiary/aromatic N) is 2. The molecule has 1 saturated heterocycles. The van der Waals surface area contributed by atoms with Crippen molar-refractivity contribution in [1.29, 1.82) is 0 Å². The molecule has 0 aliphatic carbocycles. The van der Waals surface area contributed by atoms with E-state index in [1.807, 2.05) is 11.8 Å². The maximum absolute atomic E-state index is 14.7. The van der Waals surface area contributed by atoms with Crippen LogP contribution in [0.4, 0.5) is 10.1 Å². The Balaban J connectivity index is 0.00000261. The lowest BCUT2D eigenvalue weighted by Crippen LogP contribution is -2.43. The van der Waals surface area contributed by atoms with Crippen molar-refractivity contribution in [2.24, 2.45) is 0 Å². The van der Waals surface area contributed by atoms with E-state index >= 15 is 0 Å². The molecule has 0 atom stereocenters. The number of aromatic nitrogens is 1. The van der Waals surface area contributed by atoms with E-state index in [9.17, 15) is 14.0 Å². The molecule has 6 nitrogen and oxygen atoms in total. The first kappa shape index (κ1) is 20.9. The van der Waals surface area contributed by atoms with Gasteiger partial charge in [0.25, 0.3) is 0 Å². The molecule has 0 saturated carbocycles. The molecule has 0 amide bonds. The fraction of sp³-hybridized carbons (Fsp3) is 0.368. The monoisotopic (exact) mass is 395 g/mol. The zero-order valence-electron chi connectivity index (χ0n) is 15.2. The number of nitrogens with one attached hydrogen (secondary N) is 1. The number of aryl methyl sites for hydroxylation is 1. The molecular formula is C19H23ClFN3O3. The Morgan fingerprint density at radius 3 is 2.70 bits per heavy atom. The first-order valence-electron chi connectivity index (χ1n) is 8.67. The van der Waals surface area contributed by atoms with E-state index in [4.69, 9.17) is 4.74 Å². The minimum atomic E-state index is -0.731. The predicted molar refractivity (Wildman–Crippen MR) is 107 cm³/mol. The molecule has 0 radical (unpaired) electrons. The van der Waals surface area contributed by atoms with E-state index in [0.717, 1.165) is 13.1 Å². The molecule has 1 aromatic carbocycles. The molecule has 27 heavy (non-hydrogen) atoms. The maximum atomic E-state index is 14.7. The number of hydrogen-bond acceptors (Lipinski definition) is 5. The summed E-state index contributed by atoms with van der Waals surface area (Å²) in [7, 11) is 0. The number of benzene rings is 1. The van der Waals surface area contributed by atoms with Gasteiger partial charge in [-0.25, -0.2) is 9.18 Å². The number of pyridine rings is 1. The van der Waals surface area contributed by atoms with Crippen LogP contribution in [0.1, 0.15) is 17.3 Å². The summed E-state index contributed by atoms with van der Waals surface area (Å²) in [6.07, 6.45) is 2.91. The minimum absolute atomic E-state index is 0. The number of rotatable bonds is 5. The Morgan fingerprint density at radius 2 is 2.07 bits per heavy atom. The van der Waals surface area contributed by atoms with E-state index in [0.29, 0.717) is 30.8 Å². The number of anilines is 1. The van der Waals surface area contributed by atoms with Gasteiger partial charge in [0.1, 0.15) is 18.0 Å². The lowest BCUT2D eigenvalue weighted by molar-refractivity contribution is 0.0547. The number of fused-ring (bicyclic) bond motifs is 1. The van der Waals surface area contributed by atoms with Gasteiger partial charge in [-0.15, -0.1) is 12.4 Å². The van der Waals surface area contributed by atoms with Crippen molar-refractivity contribution in [3.8, 4) is 0 Å². The summed E-state index contributed by atoms with van der Waals surface area (Å²) in [5.41, 5.74) is 0.454. The highest BCUT2D eigenvalue weighted by Crippen LogP contribution is 2.25. The van der Waals surface area contributed by atoms with Gasteiger partial charge in [0.15, 0.2) is 0 Å². The summed E-state index contributed by atoms with van der Waals surface area (Å²) in [5, 5.41) is 3.41. The van der Waals surface area contributed by atoms with Crippen LogP contribution in [0.15, 0.2) is 35.8 Å². The average molecular weight is 396 g/mol. The molecule has 3 rings (SSSR count). The maximum Gasteiger partial charge on any atom is 0.343 e. The molecule has 1 aromatic heterocycles. The first-order valence-corrected chi connectivity index (χ1v) is 8.67. The van der Waals surface area contributed by atoms with Crippen LogP contribution in [-0.4, -0.2) is 43.3 Å². The lowest BCUT2D eigenvalue weighted by Gasteiger charge is -2.30. The van der Waals surface area contributed by atoms with Crippen molar-refractivity contribution in [1.82, 2.24) is 9.88 Å². The summed E-state index contributed by atoms with van der Waals surface area (Å²) >= 11 is 0. The highest BCUT2D eigenvalue weighted by atomic mass is 35.5. The van der Waals surface area contributed by atoms with E-state index in [-0.39, 0.29) is 30.0 Å². The molecule has 1 aliphatic heterocycles. The molecule has 0 bridgehead atoms. The SMILES string of the molecule is C=CCOC(=O)c1cn(CC)c2cc(N3CCNCC3)c(F)cc2c1=O.Cl. The van der Waals surface area contributed by atoms with Gasteiger partial charge in [-0.05, 0) is 19.1 Å². The number of esters is 1. The molecular weight excluding hydrogens is 373 g/mol. The fourth-order valence-electron chi connectivity index (χ4n) is 3.17. The molecule has 1 N–H and O–H groups in total. The highest BCUT2D eigenvalue weighted by molar-refractivity contribution is 5.94. The third-order valence-electron chi connectivity index (χ3n) is 4.50. The van der Waals surface area contributed by atoms with Crippen LogP contribution >= 0.6 is 12.4 Å². The number of ether oxygens (including phenoxy) is 1. The summed E-state index contributed by atoms with van der Waals surface area (Å²) < 4.78 is 21.5. The Bertz CT molecular complexity index is 907. The van der Waals surface area contributed by atoms with Crippen molar-refractivity contribution in [3.63, 3.8) is 0 Å². The van der Waals surface area contributed by atoms with E-state index in [1.54, 1.807) is 10.6 Å². The lowest BCUT2D eigenvalue weighted by atomic mass is 10.1. The Morgan fingerprint density at radius 1 is 1.37 bits per heavy atom. The van der Waals surface area contributed by atoms with Crippen LogP contribution in [0, 0.1) is 5.82 Å². The Hall–Kier alpha value is -2.38. The average Bonchev–Trinajstić information content (AvgIpc) is 2.67. The van der Waals surface area contributed by atoms with Crippen LogP contribution in [0.2, 0.25) is 0 Å². The number of halogens is 2. The van der Waals surface area contributed by atoms with E-state index in [1.165, 1.54) is 18.3 Å². The van der Waals surface area contributed by atoms with Crippen LogP contribution in [0.25, 0.3) is 10.9 Å². The Kier molecular flexibility index (Phi) is 6.98. The molecule has 2 heterocycles. The zero-order valence-corrected chi connectivity index (χ0v) is 16.0. The summed E-state index contributed by atoms with van der Waals surface area (Å²) in [4.78, 5) is 26.8. The van der Waals surface area contributed by atoms with Crippen LogP contribution < -0.4 is 15.6 Å². The van der Waals surface area contributed by atoms with Gasteiger partial charge in [-0.2, -0.15) is 0 Å². The van der Waals surface area contributed by atoms with Crippen LogP contribution in [-0.2, 0) is 11.3 Å². The van der Waals surface area contributed by atoms with Gasteiger partial charge in [0, 0.05) is 44.3 Å². The van der Waals surface area contributed by atoms with Gasteiger partial charge in [0.05, 0.1) is 11.2 Å². The van der Waals surface area contributed by atoms with Crippen molar-refractivity contribution in [2.75, 3.05) is 37.7 Å². The number of carbonyl (C=O) groups is 1. The predicted octanol–water partition coefficient (Wildman–Crippen LogP) is 2.33. The number of carbonyl (C=O) groups excluding carboxylic acids is 1.